The lowest BCUT2D eigenvalue weighted by Crippen LogP contribution is -2.13. The molecule has 0 saturated carbocycles. The molecule has 0 aliphatic carbocycles. The zero-order valence-corrected chi connectivity index (χ0v) is 8.10. The molecule has 0 radical (unpaired) electrons. The van der Waals surface area contributed by atoms with Gasteiger partial charge in [0.05, 0.1) is 0 Å². The number of amides is 1. The maximum atomic E-state index is 10.7. The van der Waals surface area contributed by atoms with Crippen molar-refractivity contribution in [1.82, 2.24) is 0 Å². The monoisotopic (exact) mass is 169 g/mol. The number of unbranched alkanes of at least 4 members (excludes halogenated alkanes) is 3. The molecule has 0 aromatic heterocycles. The number of allylic oxidation sites excluding steroid dienone is 1. The van der Waals surface area contributed by atoms with Gasteiger partial charge in [-0.1, -0.05) is 32.3 Å². The van der Waals surface area contributed by atoms with E-state index in [1.807, 2.05) is 13.0 Å². The van der Waals surface area contributed by atoms with Gasteiger partial charge >= 0.3 is 0 Å². The van der Waals surface area contributed by atoms with Gasteiger partial charge in [0.15, 0.2) is 0 Å². The normalized spacial score (nSPS) is 11.7. The number of primary amides is 1. The molecule has 0 spiro atoms. The Kier molecular flexibility index (Phi) is 6.44. The van der Waals surface area contributed by atoms with Gasteiger partial charge in [0.25, 0.3) is 0 Å². The molecular formula is C10H19NO. The summed E-state index contributed by atoms with van der Waals surface area (Å²) in [6.07, 6.45) is 7.40. The number of nitrogens with two attached hydrogens (primary N) is 1. The van der Waals surface area contributed by atoms with E-state index in [2.05, 4.69) is 6.92 Å². The number of hydrogen-bond acceptors (Lipinski definition) is 1. The number of carbonyl (C=O) groups excluding carboxylic acids is 1. The van der Waals surface area contributed by atoms with E-state index in [0.717, 1.165) is 18.4 Å². The number of hydrogen-bond donors (Lipinski definition) is 1. The molecule has 0 atom stereocenters. The van der Waals surface area contributed by atoms with E-state index in [0.29, 0.717) is 0 Å². The van der Waals surface area contributed by atoms with Crippen molar-refractivity contribution < 1.29 is 4.79 Å². The first kappa shape index (κ1) is 11.2. The van der Waals surface area contributed by atoms with E-state index in [-0.39, 0.29) is 5.91 Å². The van der Waals surface area contributed by atoms with Crippen molar-refractivity contribution in [1.29, 1.82) is 0 Å². The highest BCUT2D eigenvalue weighted by Crippen LogP contribution is 2.09. The largest absolute Gasteiger partial charge is 0.366 e. The third-order valence-electron chi connectivity index (χ3n) is 1.96. The Morgan fingerprint density at radius 2 is 2.00 bits per heavy atom. The molecule has 0 rings (SSSR count). The summed E-state index contributed by atoms with van der Waals surface area (Å²) in [6.45, 7) is 4.03. The molecule has 70 valence electrons. The Hall–Kier alpha value is -0.790. The molecule has 2 nitrogen and oxygen atoms in total. The van der Waals surface area contributed by atoms with Gasteiger partial charge in [-0.15, -0.1) is 0 Å². The van der Waals surface area contributed by atoms with Crippen molar-refractivity contribution >= 4 is 5.91 Å². The highest BCUT2D eigenvalue weighted by atomic mass is 16.1. The predicted molar refractivity (Wildman–Crippen MR) is 51.7 cm³/mol. The molecule has 0 fully saturated rings. The van der Waals surface area contributed by atoms with E-state index in [1.54, 1.807) is 0 Å². The maximum absolute atomic E-state index is 10.7. The van der Waals surface area contributed by atoms with E-state index < -0.39 is 0 Å². The van der Waals surface area contributed by atoms with Crippen molar-refractivity contribution in [3.8, 4) is 0 Å². The Bertz CT molecular complexity index is 161. The zero-order valence-electron chi connectivity index (χ0n) is 8.10. The van der Waals surface area contributed by atoms with Crippen LogP contribution in [0.3, 0.4) is 0 Å². The van der Waals surface area contributed by atoms with Crippen molar-refractivity contribution in [2.24, 2.45) is 5.73 Å². The molecule has 0 aliphatic heterocycles. The molecule has 0 saturated heterocycles. The SMILES string of the molecule is CC=C(CCCCCC)C(N)=O. The molecule has 2 N–H and O–H groups in total. The van der Waals surface area contributed by atoms with Crippen LogP contribution in [0.25, 0.3) is 0 Å². The van der Waals surface area contributed by atoms with Crippen LogP contribution in [0.15, 0.2) is 11.6 Å². The van der Waals surface area contributed by atoms with Crippen LogP contribution in [-0.2, 0) is 4.79 Å². The van der Waals surface area contributed by atoms with E-state index in [4.69, 9.17) is 5.73 Å². The predicted octanol–water partition coefficient (Wildman–Crippen LogP) is 2.39. The first-order chi connectivity index (χ1) is 5.72. The summed E-state index contributed by atoms with van der Waals surface area (Å²) < 4.78 is 0. The summed E-state index contributed by atoms with van der Waals surface area (Å²) in [6, 6.07) is 0. The molecule has 12 heavy (non-hydrogen) atoms. The molecule has 0 bridgehead atoms. The third-order valence-corrected chi connectivity index (χ3v) is 1.96. The first-order valence-electron chi connectivity index (χ1n) is 4.67. The van der Waals surface area contributed by atoms with Gasteiger partial charge in [-0.25, -0.2) is 0 Å². The van der Waals surface area contributed by atoms with Gasteiger partial charge in [0.2, 0.25) is 5.91 Å². The fourth-order valence-corrected chi connectivity index (χ4v) is 1.15. The van der Waals surface area contributed by atoms with Gasteiger partial charge in [-0.3, -0.25) is 4.79 Å². The highest BCUT2D eigenvalue weighted by molar-refractivity contribution is 5.91. The summed E-state index contributed by atoms with van der Waals surface area (Å²) in [5.74, 6) is -0.269. The zero-order chi connectivity index (χ0) is 9.40. The lowest BCUT2D eigenvalue weighted by atomic mass is 10.1. The topological polar surface area (TPSA) is 43.1 Å². The van der Waals surface area contributed by atoms with Crippen LogP contribution in [0.5, 0.6) is 0 Å². The Labute approximate surface area is 74.8 Å². The van der Waals surface area contributed by atoms with Crippen molar-refractivity contribution in [3.05, 3.63) is 11.6 Å². The minimum Gasteiger partial charge on any atom is -0.366 e. The smallest absolute Gasteiger partial charge is 0.244 e. The fraction of sp³-hybridized carbons (Fsp3) is 0.700. The summed E-state index contributed by atoms with van der Waals surface area (Å²) in [5, 5.41) is 0. The van der Waals surface area contributed by atoms with E-state index >= 15 is 0 Å². The van der Waals surface area contributed by atoms with Crippen LogP contribution >= 0.6 is 0 Å². The second kappa shape index (κ2) is 6.89. The Morgan fingerprint density at radius 3 is 2.42 bits per heavy atom. The number of rotatable bonds is 6. The van der Waals surface area contributed by atoms with Crippen LogP contribution in [-0.4, -0.2) is 5.91 Å². The molecule has 0 heterocycles. The molecule has 0 aliphatic rings. The van der Waals surface area contributed by atoms with Crippen molar-refractivity contribution in [2.75, 3.05) is 0 Å². The van der Waals surface area contributed by atoms with E-state index in [1.165, 1.54) is 19.3 Å². The average molecular weight is 169 g/mol. The molecule has 0 aromatic rings. The summed E-state index contributed by atoms with van der Waals surface area (Å²) in [7, 11) is 0. The molecule has 2 heteroatoms. The number of carbonyl (C=O) groups is 1. The Balaban J connectivity index is 3.54. The van der Waals surface area contributed by atoms with Crippen LogP contribution < -0.4 is 5.73 Å². The minimum atomic E-state index is -0.269. The van der Waals surface area contributed by atoms with Gasteiger partial charge in [0, 0.05) is 5.57 Å². The average Bonchev–Trinajstić information content (AvgIpc) is 2.04. The first-order valence-corrected chi connectivity index (χ1v) is 4.67. The molecular weight excluding hydrogens is 150 g/mol. The second-order valence-electron chi connectivity index (χ2n) is 2.99. The van der Waals surface area contributed by atoms with Gasteiger partial charge in [0.1, 0.15) is 0 Å². The van der Waals surface area contributed by atoms with Gasteiger partial charge in [-0.05, 0) is 19.8 Å². The van der Waals surface area contributed by atoms with Crippen LogP contribution in [0.1, 0.15) is 46.0 Å². The lowest BCUT2D eigenvalue weighted by Gasteiger charge is -2.01. The van der Waals surface area contributed by atoms with Crippen molar-refractivity contribution in [2.45, 2.75) is 46.0 Å². The van der Waals surface area contributed by atoms with Crippen LogP contribution in [0.4, 0.5) is 0 Å². The minimum absolute atomic E-state index is 0.269. The molecule has 1 amide bonds. The molecule has 0 unspecified atom stereocenters. The summed E-state index contributed by atoms with van der Waals surface area (Å²) >= 11 is 0. The standard InChI is InChI=1S/C10H19NO/c1-3-5-6-7-8-9(4-2)10(11)12/h4H,3,5-8H2,1-2H3,(H2,11,12). The fourth-order valence-electron chi connectivity index (χ4n) is 1.15. The maximum Gasteiger partial charge on any atom is 0.244 e. The second-order valence-corrected chi connectivity index (χ2v) is 2.99. The summed E-state index contributed by atoms with van der Waals surface area (Å²) in [4.78, 5) is 10.7. The van der Waals surface area contributed by atoms with Crippen molar-refractivity contribution in [3.63, 3.8) is 0 Å². The highest BCUT2D eigenvalue weighted by Gasteiger charge is 2.01. The van der Waals surface area contributed by atoms with Gasteiger partial charge < -0.3 is 5.73 Å². The quantitative estimate of drug-likeness (QED) is 0.481. The van der Waals surface area contributed by atoms with Gasteiger partial charge in [-0.2, -0.15) is 0 Å². The Morgan fingerprint density at radius 1 is 1.33 bits per heavy atom. The van der Waals surface area contributed by atoms with Crippen LogP contribution in [0, 0.1) is 0 Å². The summed E-state index contributed by atoms with van der Waals surface area (Å²) in [5.41, 5.74) is 5.92. The lowest BCUT2D eigenvalue weighted by molar-refractivity contribution is -0.114. The third kappa shape index (κ3) is 4.94. The molecule has 0 aromatic carbocycles. The van der Waals surface area contributed by atoms with Crippen LogP contribution in [0.2, 0.25) is 0 Å². The van der Waals surface area contributed by atoms with E-state index in [9.17, 15) is 4.79 Å².